The lowest BCUT2D eigenvalue weighted by Crippen LogP contribution is -2.46. The molecule has 4 heteroatoms. The maximum absolute atomic E-state index is 13.8. The molecule has 2 rings (SSSR count). The number of benzene rings is 1. The first-order valence-corrected chi connectivity index (χ1v) is 6.36. The summed E-state index contributed by atoms with van der Waals surface area (Å²) in [5.41, 5.74) is 1.14. The lowest BCUT2D eigenvalue weighted by Gasteiger charge is -2.38. The summed E-state index contributed by atoms with van der Waals surface area (Å²) in [5, 5.41) is 9.75. The summed E-state index contributed by atoms with van der Waals surface area (Å²) in [6, 6.07) is 4.93. The molecule has 1 saturated heterocycles. The van der Waals surface area contributed by atoms with Crippen molar-refractivity contribution < 1.29 is 14.2 Å². The van der Waals surface area contributed by atoms with E-state index >= 15 is 0 Å². The number of halogens is 1. The quantitative estimate of drug-likeness (QED) is 0.879. The molecule has 0 spiro atoms. The first-order chi connectivity index (χ1) is 8.49. The van der Waals surface area contributed by atoms with E-state index < -0.39 is 6.10 Å². The average molecular weight is 253 g/mol. The average Bonchev–Trinajstić information content (AvgIpc) is 2.26. The highest BCUT2D eigenvalue weighted by Gasteiger charge is 2.26. The molecule has 0 aliphatic carbocycles. The third-order valence-corrected chi connectivity index (χ3v) is 3.21. The number of anilines is 1. The molecule has 100 valence electrons. The third kappa shape index (κ3) is 2.65. The standard InChI is InChI=1S/C14H20FNO2/c1-9-7-16(8-10(2)18-9)13-6-4-5-12(15)14(13)11(3)17/h4-6,9-11,17H,7-8H2,1-3H3/t9-,10+,11-/m1/s1. The lowest BCUT2D eigenvalue weighted by molar-refractivity contribution is -0.00541. The van der Waals surface area contributed by atoms with Gasteiger partial charge in [0.05, 0.1) is 18.3 Å². The van der Waals surface area contributed by atoms with Crippen LogP contribution in [0, 0.1) is 5.82 Å². The zero-order valence-corrected chi connectivity index (χ0v) is 11.1. The Hall–Kier alpha value is -1.13. The second kappa shape index (κ2) is 5.24. The Morgan fingerprint density at radius 3 is 2.50 bits per heavy atom. The highest BCUT2D eigenvalue weighted by molar-refractivity contribution is 5.55. The predicted molar refractivity (Wildman–Crippen MR) is 69.3 cm³/mol. The molecular weight excluding hydrogens is 233 g/mol. The number of morpholine rings is 1. The van der Waals surface area contributed by atoms with Gasteiger partial charge in [0.1, 0.15) is 5.82 Å². The second-order valence-corrected chi connectivity index (χ2v) is 5.01. The molecule has 1 aliphatic heterocycles. The van der Waals surface area contributed by atoms with E-state index in [9.17, 15) is 9.50 Å². The van der Waals surface area contributed by atoms with Crippen LogP contribution in [0.5, 0.6) is 0 Å². The topological polar surface area (TPSA) is 32.7 Å². The molecular formula is C14H20FNO2. The zero-order chi connectivity index (χ0) is 13.3. The fraction of sp³-hybridized carbons (Fsp3) is 0.571. The molecule has 0 radical (unpaired) electrons. The first kappa shape index (κ1) is 13.3. The van der Waals surface area contributed by atoms with E-state index in [0.29, 0.717) is 18.7 Å². The van der Waals surface area contributed by atoms with Crippen LogP contribution in [0.3, 0.4) is 0 Å². The van der Waals surface area contributed by atoms with Gasteiger partial charge in [-0.2, -0.15) is 0 Å². The van der Waals surface area contributed by atoms with Crippen molar-refractivity contribution in [2.45, 2.75) is 39.1 Å². The summed E-state index contributed by atoms with van der Waals surface area (Å²) in [4.78, 5) is 2.09. The van der Waals surface area contributed by atoms with Crippen LogP contribution in [-0.2, 0) is 4.74 Å². The van der Waals surface area contributed by atoms with E-state index in [1.807, 2.05) is 19.9 Å². The van der Waals surface area contributed by atoms with Crippen molar-refractivity contribution in [2.75, 3.05) is 18.0 Å². The normalized spacial score (nSPS) is 26.2. The molecule has 0 bridgehead atoms. The van der Waals surface area contributed by atoms with E-state index in [1.165, 1.54) is 6.07 Å². The molecule has 1 aromatic rings. The van der Waals surface area contributed by atoms with Gasteiger partial charge in [0.15, 0.2) is 0 Å². The van der Waals surface area contributed by atoms with Crippen molar-refractivity contribution in [3.63, 3.8) is 0 Å². The highest BCUT2D eigenvalue weighted by atomic mass is 19.1. The fourth-order valence-corrected chi connectivity index (χ4v) is 2.59. The Balaban J connectivity index is 2.35. The first-order valence-electron chi connectivity index (χ1n) is 6.36. The van der Waals surface area contributed by atoms with Gasteiger partial charge in [0.2, 0.25) is 0 Å². The van der Waals surface area contributed by atoms with Crippen LogP contribution in [0.4, 0.5) is 10.1 Å². The van der Waals surface area contributed by atoms with E-state index in [2.05, 4.69) is 4.90 Å². The largest absolute Gasteiger partial charge is 0.389 e. The van der Waals surface area contributed by atoms with Gasteiger partial charge >= 0.3 is 0 Å². The molecule has 3 atom stereocenters. The Bertz CT molecular complexity index is 412. The van der Waals surface area contributed by atoms with Crippen molar-refractivity contribution in [1.82, 2.24) is 0 Å². The van der Waals surface area contributed by atoms with Gasteiger partial charge in [-0.1, -0.05) is 6.07 Å². The van der Waals surface area contributed by atoms with Gasteiger partial charge in [-0.15, -0.1) is 0 Å². The number of rotatable bonds is 2. The second-order valence-electron chi connectivity index (χ2n) is 5.01. The number of hydrogen-bond donors (Lipinski definition) is 1. The third-order valence-electron chi connectivity index (χ3n) is 3.21. The van der Waals surface area contributed by atoms with E-state index in [-0.39, 0.29) is 18.0 Å². The van der Waals surface area contributed by atoms with Crippen molar-refractivity contribution in [3.05, 3.63) is 29.6 Å². The summed E-state index contributed by atoms with van der Waals surface area (Å²) in [6.07, 6.45) is -0.590. The van der Waals surface area contributed by atoms with Gasteiger partial charge < -0.3 is 14.7 Å². The summed E-state index contributed by atoms with van der Waals surface area (Å²) in [7, 11) is 0. The molecule has 3 nitrogen and oxygen atoms in total. The van der Waals surface area contributed by atoms with Gasteiger partial charge in [0.25, 0.3) is 0 Å². The van der Waals surface area contributed by atoms with Gasteiger partial charge in [-0.05, 0) is 32.9 Å². The molecule has 1 aliphatic rings. The number of aliphatic hydroxyl groups is 1. The molecule has 18 heavy (non-hydrogen) atoms. The number of ether oxygens (including phenoxy) is 1. The minimum Gasteiger partial charge on any atom is -0.389 e. The SMILES string of the molecule is C[C@@H]1CN(c2cccc(F)c2[C@@H](C)O)C[C@H](C)O1. The fourth-order valence-electron chi connectivity index (χ4n) is 2.59. The number of hydrogen-bond acceptors (Lipinski definition) is 3. The Kier molecular flexibility index (Phi) is 3.88. The summed E-state index contributed by atoms with van der Waals surface area (Å²) < 4.78 is 19.5. The highest BCUT2D eigenvalue weighted by Crippen LogP contribution is 2.30. The van der Waals surface area contributed by atoms with E-state index in [4.69, 9.17) is 4.74 Å². The molecule has 0 saturated carbocycles. The van der Waals surface area contributed by atoms with Gasteiger partial charge in [-0.3, -0.25) is 0 Å². The van der Waals surface area contributed by atoms with Gasteiger partial charge in [0, 0.05) is 24.3 Å². The smallest absolute Gasteiger partial charge is 0.131 e. The minimum absolute atomic E-state index is 0.110. The molecule has 0 amide bonds. The number of nitrogens with zero attached hydrogens (tertiary/aromatic N) is 1. The Labute approximate surface area is 107 Å². The molecule has 1 heterocycles. The van der Waals surface area contributed by atoms with Crippen LogP contribution < -0.4 is 4.90 Å². The maximum atomic E-state index is 13.8. The van der Waals surface area contributed by atoms with Crippen LogP contribution in [0.15, 0.2) is 18.2 Å². The van der Waals surface area contributed by atoms with Crippen molar-refractivity contribution in [1.29, 1.82) is 0 Å². The molecule has 1 N–H and O–H groups in total. The maximum Gasteiger partial charge on any atom is 0.131 e. The summed E-state index contributed by atoms with van der Waals surface area (Å²) >= 11 is 0. The lowest BCUT2D eigenvalue weighted by atomic mass is 10.0. The summed E-state index contributed by atoms with van der Waals surface area (Å²) in [5.74, 6) is -0.353. The Morgan fingerprint density at radius 2 is 1.94 bits per heavy atom. The predicted octanol–water partition coefficient (Wildman–Crippen LogP) is 2.49. The monoisotopic (exact) mass is 253 g/mol. The van der Waals surface area contributed by atoms with E-state index in [1.54, 1.807) is 13.0 Å². The van der Waals surface area contributed by atoms with Crippen LogP contribution in [0.2, 0.25) is 0 Å². The molecule has 1 fully saturated rings. The van der Waals surface area contributed by atoms with Crippen molar-refractivity contribution >= 4 is 5.69 Å². The van der Waals surface area contributed by atoms with Crippen LogP contribution in [0.1, 0.15) is 32.4 Å². The summed E-state index contributed by atoms with van der Waals surface area (Å²) in [6.45, 7) is 7.03. The minimum atomic E-state index is -0.811. The Morgan fingerprint density at radius 1 is 1.33 bits per heavy atom. The van der Waals surface area contributed by atoms with E-state index in [0.717, 1.165) is 5.69 Å². The van der Waals surface area contributed by atoms with Crippen molar-refractivity contribution in [2.24, 2.45) is 0 Å². The van der Waals surface area contributed by atoms with Crippen molar-refractivity contribution in [3.8, 4) is 0 Å². The molecule has 0 aromatic heterocycles. The molecule has 0 unspecified atom stereocenters. The van der Waals surface area contributed by atoms with Crippen LogP contribution in [0.25, 0.3) is 0 Å². The van der Waals surface area contributed by atoms with Crippen LogP contribution in [-0.4, -0.2) is 30.4 Å². The zero-order valence-electron chi connectivity index (χ0n) is 11.1. The van der Waals surface area contributed by atoms with Crippen LogP contribution >= 0.6 is 0 Å². The number of aliphatic hydroxyl groups excluding tert-OH is 1. The molecule has 1 aromatic carbocycles. The van der Waals surface area contributed by atoms with Gasteiger partial charge in [-0.25, -0.2) is 4.39 Å².